The van der Waals surface area contributed by atoms with Crippen molar-refractivity contribution >= 4 is 16.8 Å². The fraction of sp³-hybridized carbons (Fsp3) is 0.304. The van der Waals surface area contributed by atoms with Gasteiger partial charge in [-0.05, 0) is 73.3 Å². The van der Waals surface area contributed by atoms with Gasteiger partial charge in [-0.2, -0.15) is 0 Å². The summed E-state index contributed by atoms with van der Waals surface area (Å²) in [6.07, 6.45) is 4.00. The SMILES string of the molecule is COc1ccc(-c2cccc(C(=O)NCC3CCNCC3)c2)c2cccnc12. The average molecular weight is 375 g/mol. The minimum Gasteiger partial charge on any atom is -0.494 e. The Morgan fingerprint density at radius 1 is 1.18 bits per heavy atom. The fourth-order valence-electron chi connectivity index (χ4n) is 3.82. The molecule has 0 spiro atoms. The van der Waals surface area contributed by atoms with Crippen molar-refractivity contribution in [3.63, 3.8) is 0 Å². The van der Waals surface area contributed by atoms with Crippen molar-refractivity contribution in [3.05, 3.63) is 60.3 Å². The molecule has 0 saturated carbocycles. The molecule has 1 saturated heterocycles. The van der Waals surface area contributed by atoms with Crippen LogP contribution in [0.15, 0.2) is 54.7 Å². The highest BCUT2D eigenvalue weighted by Gasteiger charge is 2.15. The van der Waals surface area contributed by atoms with Gasteiger partial charge in [0.05, 0.1) is 7.11 Å². The van der Waals surface area contributed by atoms with E-state index in [1.807, 2.05) is 48.5 Å². The molecule has 1 aromatic heterocycles. The summed E-state index contributed by atoms with van der Waals surface area (Å²) < 4.78 is 5.44. The number of ether oxygens (including phenoxy) is 1. The highest BCUT2D eigenvalue weighted by molar-refractivity contribution is 6.00. The first-order valence-electron chi connectivity index (χ1n) is 9.77. The second-order valence-electron chi connectivity index (χ2n) is 7.20. The van der Waals surface area contributed by atoms with Gasteiger partial charge in [-0.15, -0.1) is 0 Å². The smallest absolute Gasteiger partial charge is 0.251 e. The van der Waals surface area contributed by atoms with E-state index in [0.717, 1.165) is 60.3 Å². The molecular formula is C23H25N3O2. The first-order valence-corrected chi connectivity index (χ1v) is 9.77. The quantitative estimate of drug-likeness (QED) is 0.715. The number of amides is 1. The van der Waals surface area contributed by atoms with Crippen molar-refractivity contribution in [3.8, 4) is 16.9 Å². The van der Waals surface area contributed by atoms with Crippen molar-refractivity contribution in [1.29, 1.82) is 0 Å². The zero-order valence-electron chi connectivity index (χ0n) is 16.1. The number of hydrogen-bond donors (Lipinski definition) is 2. The molecule has 144 valence electrons. The number of rotatable bonds is 5. The highest BCUT2D eigenvalue weighted by atomic mass is 16.5. The summed E-state index contributed by atoms with van der Waals surface area (Å²) in [6.45, 7) is 2.81. The summed E-state index contributed by atoms with van der Waals surface area (Å²) in [4.78, 5) is 17.1. The lowest BCUT2D eigenvalue weighted by Gasteiger charge is -2.22. The summed E-state index contributed by atoms with van der Waals surface area (Å²) >= 11 is 0. The normalized spacial score (nSPS) is 14.8. The standard InChI is InChI=1S/C23H25N3O2/c1-28-21-8-7-19(20-6-3-11-25-22(20)21)17-4-2-5-18(14-17)23(27)26-15-16-9-12-24-13-10-16/h2-8,11,14,16,24H,9-10,12-13,15H2,1H3,(H,26,27). The molecule has 0 atom stereocenters. The molecule has 4 rings (SSSR count). The monoisotopic (exact) mass is 375 g/mol. The maximum absolute atomic E-state index is 12.7. The van der Waals surface area contributed by atoms with E-state index < -0.39 is 0 Å². The number of hydrogen-bond acceptors (Lipinski definition) is 4. The Balaban J connectivity index is 1.59. The van der Waals surface area contributed by atoms with Crippen LogP contribution < -0.4 is 15.4 Å². The zero-order chi connectivity index (χ0) is 19.3. The number of nitrogens with zero attached hydrogens (tertiary/aromatic N) is 1. The largest absolute Gasteiger partial charge is 0.494 e. The van der Waals surface area contributed by atoms with Crippen LogP contribution in [0.2, 0.25) is 0 Å². The van der Waals surface area contributed by atoms with Gasteiger partial charge in [-0.1, -0.05) is 18.2 Å². The molecule has 1 aliphatic rings. The third-order valence-corrected chi connectivity index (χ3v) is 5.40. The van der Waals surface area contributed by atoms with Crippen molar-refractivity contribution < 1.29 is 9.53 Å². The van der Waals surface area contributed by atoms with Crippen LogP contribution in [0.25, 0.3) is 22.0 Å². The molecule has 5 nitrogen and oxygen atoms in total. The Morgan fingerprint density at radius 3 is 2.86 bits per heavy atom. The fourth-order valence-corrected chi connectivity index (χ4v) is 3.82. The van der Waals surface area contributed by atoms with Gasteiger partial charge in [-0.25, -0.2) is 0 Å². The first-order chi connectivity index (χ1) is 13.8. The number of pyridine rings is 1. The third-order valence-electron chi connectivity index (χ3n) is 5.40. The second kappa shape index (κ2) is 8.40. The van der Waals surface area contributed by atoms with Crippen LogP contribution >= 0.6 is 0 Å². The lowest BCUT2D eigenvalue weighted by molar-refractivity contribution is 0.0944. The summed E-state index contributed by atoms with van der Waals surface area (Å²) in [5.41, 5.74) is 3.54. The molecule has 2 heterocycles. The molecule has 2 aromatic carbocycles. The number of nitrogens with one attached hydrogen (secondary N) is 2. The summed E-state index contributed by atoms with van der Waals surface area (Å²) in [5, 5.41) is 7.47. The lowest BCUT2D eigenvalue weighted by atomic mass is 9.97. The van der Waals surface area contributed by atoms with Gasteiger partial charge in [0.25, 0.3) is 5.91 Å². The van der Waals surface area contributed by atoms with E-state index in [0.29, 0.717) is 11.5 Å². The molecule has 0 unspecified atom stereocenters. The Hall–Kier alpha value is -2.92. The van der Waals surface area contributed by atoms with Crippen LogP contribution in [0.4, 0.5) is 0 Å². The summed E-state index contributed by atoms with van der Waals surface area (Å²) in [6, 6.07) is 15.7. The molecule has 2 N–H and O–H groups in total. The second-order valence-corrected chi connectivity index (χ2v) is 7.20. The van der Waals surface area contributed by atoms with E-state index in [1.165, 1.54) is 0 Å². The first kappa shape index (κ1) is 18.4. The molecule has 1 aliphatic heterocycles. The summed E-state index contributed by atoms with van der Waals surface area (Å²) in [5.74, 6) is 1.29. The van der Waals surface area contributed by atoms with E-state index >= 15 is 0 Å². The van der Waals surface area contributed by atoms with Gasteiger partial charge in [0, 0.05) is 23.7 Å². The summed E-state index contributed by atoms with van der Waals surface area (Å²) in [7, 11) is 1.65. The molecule has 3 aromatic rings. The number of carbonyl (C=O) groups excluding carboxylic acids is 1. The Labute approximate surface area is 165 Å². The number of benzene rings is 2. The van der Waals surface area contributed by atoms with Crippen LogP contribution in [0.5, 0.6) is 5.75 Å². The number of aromatic nitrogens is 1. The van der Waals surface area contributed by atoms with Crippen LogP contribution in [0.3, 0.4) is 0 Å². The maximum atomic E-state index is 12.7. The predicted octanol–water partition coefficient (Wildman–Crippen LogP) is 3.64. The van der Waals surface area contributed by atoms with Crippen molar-refractivity contribution in [2.45, 2.75) is 12.8 Å². The maximum Gasteiger partial charge on any atom is 0.251 e. The Kier molecular flexibility index (Phi) is 5.53. The molecule has 0 bridgehead atoms. The van der Waals surface area contributed by atoms with Crippen LogP contribution in [0.1, 0.15) is 23.2 Å². The molecule has 0 aliphatic carbocycles. The molecule has 28 heavy (non-hydrogen) atoms. The van der Waals surface area contributed by atoms with Crippen molar-refractivity contribution in [2.75, 3.05) is 26.7 Å². The highest BCUT2D eigenvalue weighted by Crippen LogP contribution is 2.33. The molecule has 5 heteroatoms. The molecular weight excluding hydrogens is 350 g/mol. The van der Waals surface area contributed by atoms with Gasteiger partial charge < -0.3 is 15.4 Å². The number of carbonyl (C=O) groups is 1. The van der Waals surface area contributed by atoms with Crippen LogP contribution in [-0.2, 0) is 0 Å². The van der Waals surface area contributed by atoms with E-state index in [1.54, 1.807) is 13.3 Å². The van der Waals surface area contributed by atoms with Gasteiger partial charge in [0.15, 0.2) is 0 Å². The number of piperidine rings is 1. The van der Waals surface area contributed by atoms with Gasteiger partial charge in [0.2, 0.25) is 0 Å². The van der Waals surface area contributed by atoms with Crippen LogP contribution in [-0.4, -0.2) is 37.6 Å². The van der Waals surface area contributed by atoms with Crippen LogP contribution in [0, 0.1) is 5.92 Å². The molecule has 1 fully saturated rings. The van der Waals surface area contributed by atoms with Gasteiger partial charge in [0.1, 0.15) is 11.3 Å². The van der Waals surface area contributed by atoms with Gasteiger partial charge in [-0.3, -0.25) is 9.78 Å². The average Bonchev–Trinajstić information content (AvgIpc) is 2.77. The number of methoxy groups -OCH3 is 1. The number of fused-ring (bicyclic) bond motifs is 1. The minimum absolute atomic E-state index is 0.0173. The topological polar surface area (TPSA) is 63.2 Å². The molecule has 0 radical (unpaired) electrons. The van der Waals surface area contributed by atoms with E-state index in [4.69, 9.17) is 4.74 Å². The lowest BCUT2D eigenvalue weighted by Crippen LogP contribution is -2.35. The minimum atomic E-state index is -0.0173. The zero-order valence-corrected chi connectivity index (χ0v) is 16.1. The Morgan fingerprint density at radius 2 is 2.04 bits per heavy atom. The molecule has 1 amide bonds. The predicted molar refractivity (Wildman–Crippen MR) is 112 cm³/mol. The third kappa shape index (κ3) is 3.85. The van der Waals surface area contributed by atoms with Gasteiger partial charge >= 0.3 is 0 Å². The van der Waals surface area contributed by atoms with E-state index in [9.17, 15) is 4.79 Å². The van der Waals surface area contributed by atoms with Crippen molar-refractivity contribution in [2.24, 2.45) is 5.92 Å². The van der Waals surface area contributed by atoms with E-state index in [2.05, 4.69) is 15.6 Å². The van der Waals surface area contributed by atoms with Crippen molar-refractivity contribution in [1.82, 2.24) is 15.6 Å². The van der Waals surface area contributed by atoms with E-state index in [-0.39, 0.29) is 5.91 Å². The Bertz CT molecular complexity index is 980.